The molecular weight excluding hydrogens is 572 g/mol. The lowest BCUT2D eigenvalue weighted by molar-refractivity contribution is -0.384. The maximum Gasteiger partial charge on any atom is 0.335 e. The highest BCUT2D eigenvalue weighted by atomic mass is 79.9. The standard InChI is InChI=1S/C27H21BrN4O7/c1-15-3-5-19(11-16(15)2)29-24(33)14-39-23-10-4-18(28)12-17(23)13-22-25(34)30-27(36)31(26(22)35)20-6-8-21(9-7-20)32(37)38/h3-13H,14H2,1-2H3,(H,29,33)(H,30,34,36)/b22-13-. The van der Waals surface area contributed by atoms with Crippen LogP contribution in [0.2, 0.25) is 0 Å². The van der Waals surface area contributed by atoms with Crippen LogP contribution in [-0.4, -0.2) is 35.3 Å². The third kappa shape index (κ3) is 6.18. The fourth-order valence-corrected chi connectivity index (χ4v) is 4.07. The largest absolute Gasteiger partial charge is 0.483 e. The molecule has 12 heteroatoms. The predicted octanol–water partition coefficient (Wildman–Crippen LogP) is 4.66. The Bertz CT molecular complexity index is 1550. The molecule has 39 heavy (non-hydrogen) atoms. The summed E-state index contributed by atoms with van der Waals surface area (Å²) >= 11 is 3.34. The second-order valence-corrected chi connectivity index (χ2v) is 9.47. The lowest BCUT2D eigenvalue weighted by Crippen LogP contribution is -2.54. The summed E-state index contributed by atoms with van der Waals surface area (Å²) in [6.45, 7) is 3.55. The van der Waals surface area contributed by atoms with Gasteiger partial charge < -0.3 is 10.1 Å². The SMILES string of the molecule is Cc1ccc(NC(=O)COc2ccc(Br)cc2/C=C2/C(=O)NC(=O)N(c3ccc([N+](=O)[O-])cc3)C2=O)cc1C. The second kappa shape index (κ2) is 11.3. The molecule has 0 atom stereocenters. The molecule has 1 aliphatic heterocycles. The number of barbiturate groups is 1. The van der Waals surface area contributed by atoms with Crippen molar-refractivity contribution in [1.82, 2.24) is 5.32 Å². The highest BCUT2D eigenvalue weighted by molar-refractivity contribution is 9.10. The highest BCUT2D eigenvalue weighted by Gasteiger charge is 2.37. The van der Waals surface area contributed by atoms with Gasteiger partial charge in [-0.25, -0.2) is 9.69 Å². The molecule has 1 heterocycles. The molecule has 11 nitrogen and oxygen atoms in total. The van der Waals surface area contributed by atoms with Gasteiger partial charge in [0, 0.05) is 27.9 Å². The first-order valence-electron chi connectivity index (χ1n) is 11.5. The lowest BCUT2D eigenvalue weighted by Gasteiger charge is -2.26. The van der Waals surface area contributed by atoms with E-state index in [0.717, 1.165) is 23.3 Å². The molecule has 3 aromatic rings. The van der Waals surface area contributed by atoms with E-state index in [4.69, 9.17) is 4.74 Å². The highest BCUT2D eigenvalue weighted by Crippen LogP contribution is 2.29. The van der Waals surface area contributed by atoms with E-state index in [-0.39, 0.29) is 29.3 Å². The summed E-state index contributed by atoms with van der Waals surface area (Å²) in [6, 6.07) is 14.0. The average Bonchev–Trinajstić information content (AvgIpc) is 2.88. The number of rotatable bonds is 7. The number of nitrogens with one attached hydrogen (secondary N) is 2. The van der Waals surface area contributed by atoms with Crippen LogP contribution < -0.4 is 20.3 Å². The second-order valence-electron chi connectivity index (χ2n) is 8.55. The molecule has 5 amide bonds. The van der Waals surface area contributed by atoms with Crippen LogP contribution in [-0.2, 0) is 14.4 Å². The van der Waals surface area contributed by atoms with Gasteiger partial charge in [-0.2, -0.15) is 0 Å². The Morgan fingerprint density at radius 3 is 2.44 bits per heavy atom. The van der Waals surface area contributed by atoms with Crippen molar-refractivity contribution in [3.05, 3.63) is 97.5 Å². The Kier molecular flexibility index (Phi) is 7.86. The van der Waals surface area contributed by atoms with Gasteiger partial charge in [-0.1, -0.05) is 22.0 Å². The van der Waals surface area contributed by atoms with Crippen LogP contribution in [0.4, 0.5) is 21.9 Å². The summed E-state index contributed by atoms with van der Waals surface area (Å²) in [5.41, 5.74) is 2.45. The summed E-state index contributed by atoms with van der Waals surface area (Å²) in [5, 5.41) is 15.8. The molecule has 4 rings (SSSR count). The number of carbonyl (C=O) groups excluding carboxylic acids is 4. The third-order valence-electron chi connectivity index (χ3n) is 5.84. The van der Waals surface area contributed by atoms with Gasteiger partial charge in [-0.15, -0.1) is 0 Å². The summed E-state index contributed by atoms with van der Waals surface area (Å²) in [6.07, 6.45) is 1.24. The first kappa shape index (κ1) is 27.2. The van der Waals surface area contributed by atoms with Gasteiger partial charge >= 0.3 is 6.03 Å². The van der Waals surface area contributed by atoms with E-state index in [2.05, 4.69) is 26.6 Å². The number of ether oxygens (including phenoxy) is 1. The van der Waals surface area contributed by atoms with E-state index in [1.165, 1.54) is 18.2 Å². The lowest BCUT2D eigenvalue weighted by atomic mass is 10.1. The van der Waals surface area contributed by atoms with Gasteiger partial charge in [0.25, 0.3) is 23.4 Å². The number of benzene rings is 3. The fraction of sp³-hybridized carbons (Fsp3) is 0.111. The number of nitrogens with zero attached hydrogens (tertiary/aromatic N) is 2. The molecule has 0 unspecified atom stereocenters. The number of carbonyl (C=O) groups is 4. The van der Waals surface area contributed by atoms with Crippen LogP contribution in [0.5, 0.6) is 5.75 Å². The molecule has 1 saturated heterocycles. The van der Waals surface area contributed by atoms with Gasteiger partial charge in [0.15, 0.2) is 6.61 Å². The number of hydrogen-bond donors (Lipinski definition) is 2. The zero-order valence-corrected chi connectivity index (χ0v) is 22.3. The van der Waals surface area contributed by atoms with Gasteiger partial charge in [-0.05, 0) is 73.5 Å². The Balaban J connectivity index is 1.57. The molecule has 198 valence electrons. The fourth-order valence-electron chi connectivity index (χ4n) is 3.69. The Labute approximate surface area is 230 Å². The number of non-ortho nitro benzene ring substituents is 1. The predicted molar refractivity (Wildman–Crippen MR) is 146 cm³/mol. The van der Waals surface area contributed by atoms with Crippen molar-refractivity contribution >= 4 is 62.8 Å². The monoisotopic (exact) mass is 592 g/mol. The van der Waals surface area contributed by atoms with Crippen molar-refractivity contribution in [3.8, 4) is 5.75 Å². The maximum atomic E-state index is 13.2. The molecule has 0 radical (unpaired) electrons. The number of nitro benzene ring substituents is 1. The number of amides is 5. The van der Waals surface area contributed by atoms with E-state index in [1.54, 1.807) is 24.3 Å². The minimum Gasteiger partial charge on any atom is -0.483 e. The van der Waals surface area contributed by atoms with Crippen molar-refractivity contribution in [2.45, 2.75) is 13.8 Å². The molecule has 0 bridgehead atoms. The zero-order valence-electron chi connectivity index (χ0n) is 20.7. The van der Waals surface area contributed by atoms with Crippen LogP contribution in [0.1, 0.15) is 16.7 Å². The number of aryl methyl sites for hydroxylation is 2. The van der Waals surface area contributed by atoms with Crippen LogP contribution in [0, 0.1) is 24.0 Å². The summed E-state index contributed by atoms with van der Waals surface area (Å²) < 4.78 is 6.30. The molecular formula is C27H21BrN4O7. The average molecular weight is 593 g/mol. The van der Waals surface area contributed by atoms with Crippen LogP contribution >= 0.6 is 15.9 Å². The minimum absolute atomic E-state index is 0.0372. The van der Waals surface area contributed by atoms with E-state index in [0.29, 0.717) is 20.6 Å². The van der Waals surface area contributed by atoms with Crippen LogP contribution in [0.3, 0.4) is 0 Å². The maximum absolute atomic E-state index is 13.2. The molecule has 0 aliphatic carbocycles. The molecule has 0 saturated carbocycles. The molecule has 0 aromatic heterocycles. The first-order valence-corrected chi connectivity index (χ1v) is 12.3. The van der Waals surface area contributed by atoms with Crippen molar-refractivity contribution in [2.75, 3.05) is 16.8 Å². The third-order valence-corrected chi connectivity index (χ3v) is 6.33. The number of imide groups is 2. The topological polar surface area (TPSA) is 148 Å². The first-order chi connectivity index (χ1) is 18.5. The summed E-state index contributed by atoms with van der Waals surface area (Å²) in [5.74, 6) is -2.07. The molecule has 1 fully saturated rings. The van der Waals surface area contributed by atoms with Crippen molar-refractivity contribution < 1.29 is 28.8 Å². The van der Waals surface area contributed by atoms with Crippen LogP contribution in [0.25, 0.3) is 6.08 Å². The van der Waals surface area contributed by atoms with Gasteiger partial charge in [0.1, 0.15) is 11.3 Å². The van der Waals surface area contributed by atoms with E-state index in [9.17, 15) is 29.3 Å². The van der Waals surface area contributed by atoms with Gasteiger partial charge in [0.2, 0.25) is 0 Å². The number of hydrogen-bond acceptors (Lipinski definition) is 7. The van der Waals surface area contributed by atoms with Crippen molar-refractivity contribution in [1.29, 1.82) is 0 Å². The summed E-state index contributed by atoms with van der Waals surface area (Å²) in [7, 11) is 0. The van der Waals surface area contributed by atoms with E-state index >= 15 is 0 Å². The summed E-state index contributed by atoms with van der Waals surface area (Å²) in [4.78, 5) is 61.8. The number of anilines is 2. The smallest absolute Gasteiger partial charge is 0.335 e. The quantitative estimate of drug-likeness (QED) is 0.175. The minimum atomic E-state index is -0.996. The normalized spacial score (nSPS) is 14.3. The Morgan fingerprint density at radius 2 is 1.77 bits per heavy atom. The van der Waals surface area contributed by atoms with Crippen molar-refractivity contribution in [2.24, 2.45) is 0 Å². The Morgan fingerprint density at radius 1 is 1.05 bits per heavy atom. The Hall–Kier alpha value is -4.84. The molecule has 2 N–H and O–H groups in total. The number of halogens is 1. The zero-order chi connectivity index (χ0) is 28.3. The van der Waals surface area contributed by atoms with E-state index < -0.39 is 28.7 Å². The van der Waals surface area contributed by atoms with Crippen molar-refractivity contribution in [3.63, 3.8) is 0 Å². The number of nitro groups is 1. The molecule has 0 spiro atoms. The van der Waals surface area contributed by atoms with Gasteiger partial charge in [-0.3, -0.25) is 29.8 Å². The van der Waals surface area contributed by atoms with Gasteiger partial charge in [0.05, 0.1) is 10.6 Å². The van der Waals surface area contributed by atoms with Crippen LogP contribution in [0.15, 0.2) is 70.7 Å². The molecule has 3 aromatic carbocycles. The molecule has 1 aliphatic rings. The number of urea groups is 1. The van der Waals surface area contributed by atoms with E-state index in [1.807, 2.05) is 26.0 Å².